The third-order valence-electron chi connectivity index (χ3n) is 4.59. The molecule has 0 aliphatic carbocycles. The number of rotatable bonds is 6. The first-order valence-corrected chi connectivity index (χ1v) is 9.11. The van der Waals surface area contributed by atoms with Gasteiger partial charge in [0.2, 0.25) is 17.7 Å². The maximum absolute atomic E-state index is 12.7. The van der Waals surface area contributed by atoms with Gasteiger partial charge in [-0.25, -0.2) is 0 Å². The lowest BCUT2D eigenvalue weighted by Gasteiger charge is -2.18. The van der Waals surface area contributed by atoms with E-state index in [1.165, 1.54) is 21.1 Å². The van der Waals surface area contributed by atoms with Crippen molar-refractivity contribution in [1.82, 2.24) is 0 Å². The molecule has 0 saturated carbocycles. The van der Waals surface area contributed by atoms with E-state index >= 15 is 0 Å². The Balaban J connectivity index is 1.72. The van der Waals surface area contributed by atoms with Gasteiger partial charge in [0.15, 0.2) is 0 Å². The Bertz CT molecular complexity index is 921. The molecule has 3 amide bonds. The average molecular weight is 397 g/mol. The van der Waals surface area contributed by atoms with Crippen LogP contribution in [-0.4, -0.2) is 38.5 Å². The van der Waals surface area contributed by atoms with Crippen molar-refractivity contribution in [2.75, 3.05) is 36.3 Å². The van der Waals surface area contributed by atoms with Crippen LogP contribution in [0.3, 0.4) is 0 Å². The lowest BCUT2D eigenvalue weighted by Crippen LogP contribution is -2.28. The van der Waals surface area contributed by atoms with Crippen LogP contribution in [0, 0.1) is 5.92 Å². The standard InChI is InChI=1S/C21H23N3O5/c1-13(25)22-15-5-4-6-17(8-15)24-12-14(7-20(24)26)21(27)23-16-9-18(28-2)11-19(10-16)29-3/h4-6,8-11,14H,7,12H2,1-3H3,(H,22,25)(H,23,27). The summed E-state index contributed by atoms with van der Waals surface area (Å²) in [4.78, 5) is 38.0. The van der Waals surface area contributed by atoms with Gasteiger partial charge in [-0.05, 0) is 18.2 Å². The summed E-state index contributed by atoms with van der Waals surface area (Å²) in [7, 11) is 3.06. The van der Waals surface area contributed by atoms with E-state index in [2.05, 4.69) is 10.6 Å². The van der Waals surface area contributed by atoms with Crippen molar-refractivity contribution in [2.45, 2.75) is 13.3 Å². The normalized spacial score (nSPS) is 15.8. The lowest BCUT2D eigenvalue weighted by molar-refractivity contribution is -0.122. The molecule has 1 unspecified atom stereocenters. The van der Waals surface area contributed by atoms with Crippen molar-refractivity contribution in [3.8, 4) is 11.5 Å². The first-order chi connectivity index (χ1) is 13.9. The van der Waals surface area contributed by atoms with Crippen LogP contribution in [0.5, 0.6) is 11.5 Å². The second-order valence-electron chi connectivity index (χ2n) is 6.73. The molecule has 8 heteroatoms. The minimum absolute atomic E-state index is 0.108. The largest absolute Gasteiger partial charge is 0.497 e. The third-order valence-corrected chi connectivity index (χ3v) is 4.59. The lowest BCUT2D eigenvalue weighted by atomic mass is 10.1. The Morgan fingerprint density at radius 2 is 1.69 bits per heavy atom. The minimum atomic E-state index is -0.496. The van der Waals surface area contributed by atoms with Crippen molar-refractivity contribution >= 4 is 34.8 Å². The molecule has 1 fully saturated rings. The van der Waals surface area contributed by atoms with E-state index in [1.807, 2.05) is 0 Å². The molecule has 0 bridgehead atoms. The maximum atomic E-state index is 12.7. The molecule has 152 valence electrons. The van der Waals surface area contributed by atoms with Crippen LogP contribution in [-0.2, 0) is 14.4 Å². The van der Waals surface area contributed by atoms with Gasteiger partial charge in [0.05, 0.1) is 20.1 Å². The van der Waals surface area contributed by atoms with Crippen LogP contribution < -0.4 is 25.0 Å². The first kappa shape index (κ1) is 20.2. The fourth-order valence-corrected chi connectivity index (χ4v) is 3.21. The number of nitrogens with one attached hydrogen (secondary N) is 2. The van der Waals surface area contributed by atoms with Gasteiger partial charge < -0.3 is 25.0 Å². The zero-order chi connectivity index (χ0) is 21.0. The number of methoxy groups -OCH3 is 2. The summed E-state index contributed by atoms with van der Waals surface area (Å²) in [6.45, 7) is 1.68. The molecule has 3 rings (SSSR count). The van der Waals surface area contributed by atoms with Gasteiger partial charge >= 0.3 is 0 Å². The van der Waals surface area contributed by atoms with Gasteiger partial charge in [-0.1, -0.05) is 6.07 Å². The van der Waals surface area contributed by atoms with E-state index in [0.717, 1.165) is 0 Å². The summed E-state index contributed by atoms with van der Waals surface area (Å²) in [5, 5.41) is 5.52. The molecule has 1 aliphatic rings. The van der Waals surface area contributed by atoms with Gasteiger partial charge in [0.25, 0.3) is 0 Å². The fourth-order valence-electron chi connectivity index (χ4n) is 3.21. The molecule has 1 atom stereocenters. The topological polar surface area (TPSA) is 97.0 Å². The molecule has 1 aliphatic heterocycles. The molecule has 2 N–H and O–H groups in total. The van der Waals surface area contributed by atoms with Crippen LogP contribution in [0.25, 0.3) is 0 Å². The molecule has 2 aromatic carbocycles. The highest BCUT2D eigenvalue weighted by Gasteiger charge is 2.35. The van der Waals surface area contributed by atoms with Gasteiger partial charge in [-0.2, -0.15) is 0 Å². The number of anilines is 3. The summed E-state index contributed by atoms with van der Waals surface area (Å²) in [5.41, 5.74) is 1.77. The number of ether oxygens (including phenoxy) is 2. The molecule has 0 radical (unpaired) electrons. The predicted octanol–water partition coefficient (Wildman–Crippen LogP) is 2.65. The number of carbonyl (C=O) groups is 3. The molecule has 1 heterocycles. The van der Waals surface area contributed by atoms with Crippen LogP contribution in [0.1, 0.15) is 13.3 Å². The third kappa shape index (κ3) is 4.84. The van der Waals surface area contributed by atoms with E-state index in [0.29, 0.717) is 28.6 Å². The Kier molecular flexibility index (Phi) is 6.01. The Morgan fingerprint density at radius 1 is 1.00 bits per heavy atom. The van der Waals surface area contributed by atoms with Crippen molar-refractivity contribution in [2.24, 2.45) is 5.92 Å². The monoisotopic (exact) mass is 397 g/mol. The number of hydrogen-bond donors (Lipinski definition) is 2. The summed E-state index contributed by atoms with van der Waals surface area (Å²) >= 11 is 0. The van der Waals surface area contributed by atoms with Gasteiger partial charge in [0.1, 0.15) is 11.5 Å². The minimum Gasteiger partial charge on any atom is -0.497 e. The average Bonchev–Trinajstić information content (AvgIpc) is 3.09. The predicted molar refractivity (Wildman–Crippen MR) is 109 cm³/mol. The second kappa shape index (κ2) is 8.64. The highest BCUT2D eigenvalue weighted by atomic mass is 16.5. The summed E-state index contributed by atoms with van der Waals surface area (Å²) < 4.78 is 10.4. The molecular weight excluding hydrogens is 374 g/mol. The number of amides is 3. The SMILES string of the molecule is COc1cc(NC(=O)C2CC(=O)N(c3cccc(NC(C)=O)c3)C2)cc(OC)c1. The maximum Gasteiger partial charge on any atom is 0.229 e. The van der Waals surface area contributed by atoms with E-state index in [9.17, 15) is 14.4 Å². The van der Waals surface area contributed by atoms with E-state index in [1.54, 1.807) is 47.4 Å². The molecule has 0 aromatic heterocycles. The quantitative estimate of drug-likeness (QED) is 0.781. The fraction of sp³-hybridized carbons (Fsp3) is 0.286. The van der Waals surface area contributed by atoms with Crippen LogP contribution in [0.4, 0.5) is 17.1 Å². The van der Waals surface area contributed by atoms with Gasteiger partial charge in [-0.15, -0.1) is 0 Å². The molecule has 2 aromatic rings. The summed E-state index contributed by atoms with van der Waals surface area (Å²) in [6, 6.07) is 12.1. The second-order valence-corrected chi connectivity index (χ2v) is 6.73. The van der Waals surface area contributed by atoms with Crippen LogP contribution in [0.2, 0.25) is 0 Å². The first-order valence-electron chi connectivity index (χ1n) is 9.11. The van der Waals surface area contributed by atoms with Crippen LogP contribution in [0.15, 0.2) is 42.5 Å². The molecular formula is C21H23N3O5. The Labute approximate surface area is 168 Å². The highest BCUT2D eigenvalue weighted by Crippen LogP contribution is 2.30. The molecule has 8 nitrogen and oxygen atoms in total. The molecule has 1 saturated heterocycles. The van der Waals surface area contributed by atoms with E-state index < -0.39 is 5.92 Å². The zero-order valence-electron chi connectivity index (χ0n) is 16.5. The van der Waals surface area contributed by atoms with Crippen molar-refractivity contribution in [1.29, 1.82) is 0 Å². The zero-order valence-corrected chi connectivity index (χ0v) is 16.5. The summed E-state index contributed by atoms with van der Waals surface area (Å²) in [5.74, 6) is 0.0182. The Hall–Kier alpha value is -3.55. The van der Waals surface area contributed by atoms with E-state index in [-0.39, 0.29) is 30.7 Å². The Morgan fingerprint density at radius 3 is 2.31 bits per heavy atom. The smallest absolute Gasteiger partial charge is 0.229 e. The van der Waals surface area contributed by atoms with Gasteiger partial charge in [0, 0.05) is 55.2 Å². The van der Waals surface area contributed by atoms with Crippen LogP contribution >= 0.6 is 0 Å². The number of nitrogens with zero attached hydrogens (tertiary/aromatic N) is 1. The van der Waals surface area contributed by atoms with Crippen molar-refractivity contribution in [3.05, 3.63) is 42.5 Å². The summed E-state index contributed by atoms with van der Waals surface area (Å²) in [6.07, 6.45) is 0.108. The number of hydrogen-bond acceptors (Lipinski definition) is 5. The van der Waals surface area contributed by atoms with E-state index in [4.69, 9.17) is 9.47 Å². The van der Waals surface area contributed by atoms with Gasteiger partial charge in [-0.3, -0.25) is 14.4 Å². The van der Waals surface area contributed by atoms with Crippen molar-refractivity contribution < 1.29 is 23.9 Å². The highest BCUT2D eigenvalue weighted by molar-refractivity contribution is 6.04. The van der Waals surface area contributed by atoms with Crippen molar-refractivity contribution in [3.63, 3.8) is 0 Å². The molecule has 29 heavy (non-hydrogen) atoms. The number of carbonyl (C=O) groups excluding carboxylic acids is 3. The number of benzene rings is 2. The molecule has 0 spiro atoms.